The number of hydrogen-bond donors (Lipinski definition) is 0. The van der Waals surface area contributed by atoms with Gasteiger partial charge in [0.2, 0.25) is 0 Å². The normalized spacial score (nSPS) is 31.5. The van der Waals surface area contributed by atoms with Gasteiger partial charge in [-0.05, 0) is 51.4 Å². The van der Waals surface area contributed by atoms with Crippen molar-refractivity contribution in [1.29, 1.82) is 0 Å². The fourth-order valence-corrected chi connectivity index (χ4v) is 3.47. The van der Waals surface area contributed by atoms with Crippen LogP contribution in [0.1, 0.15) is 52.9 Å². The molecule has 1 saturated heterocycles. The lowest BCUT2D eigenvalue weighted by Crippen LogP contribution is -2.53. The zero-order valence-electron chi connectivity index (χ0n) is 11.6. The van der Waals surface area contributed by atoms with E-state index >= 15 is 0 Å². The summed E-state index contributed by atoms with van der Waals surface area (Å²) >= 11 is 0. The van der Waals surface area contributed by atoms with Crippen molar-refractivity contribution < 1.29 is 4.79 Å². The number of hydrogen-bond acceptors (Lipinski definition) is 2. The second-order valence-electron chi connectivity index (χ2n) is 6.24. The molecule has 0 aromatic carbocycles. The number of carbonyl (C=O) groups excluding carboxylic acids is 1. The maximum Gasteiger partial charge on any atom is 0.135 e. The number of carbonyl (C=O) groups is 1. The molecule has 1 heterocycles. The number of ketones is 1. The summed E-state index contributed by atoms with van der Waals surface area (Å²) in [6.45, 7) is 9.17. The first kappa shape index (κ1) is 13.1. The van der Waals surface area contributed by atoms with Gasteiger partial charge in [0, 0.05) is 31.5 Å². The minimum atomic E-state index is 0.400. The van der Waals surface area contributed by atoms with Crippen molar-refractivity contribution in [3.05, 3.63) is 0 Å². The Morgan fingerprint density at radius 1 is 1.12 bits per heavy atom. The third-order valence-electron chi connectivity index (χ3n) is 4.91. The predicted molar refractivity (Wildman–Crippen MR) is 70.9 cm³/mol. The van der Waals surface area contributed by atoms with Gasteiger partial charge >= 0.3 is 0 Å². The maximum absolute atomic E-state index is 11.7. The molecular formula is C15H27NO. The van der Waals surface area contributed by atoms with Crippen LogP contribution >= 0.6 is 0 Å². The highest BCUT2D eigenvalue weighted by Gasteiger charge is 2.37. The van der Waals surface area contributed by atoms with Gasteiger partial charge in [0.1, 0.15) is 5.78 Å². The molecule has 0 spiro atoms. The van der Waals surface area contributed by atoms with Crippen LogP contribution in [0.5, 0.6) is 0 Å². The Morgan fingerprint density at radius 3 is 2.18 bits per heavy atom. The van der Waals surface area contributed by atoms with E-state index in [0.717, 1.165) is 31.1 Å². The van der Waals surface area contributed by atoms with Gasteiger partial charge in [0.25, 0.3) is 0 Å². The van der Waals surface area contributed by atoms with Crippen LogP contribution in [0, 0.1) is 17.8 Å². The van der Waals surface area contributed by atoms with Crippen LogP contribution in [0.25, 0.3) is 0 Å². The number of nitrogens with zero attached hydrogens (tertiary/aromatic N) is 1. The lowest BCUT2D eigenvalue weighted by Gasteiger charge is -2.47. The lowest BCUT2D eigenvalue weighted by atomic mass is 9.72. The highest BCUT2D eigenvalue weighted by Crippen LogP contribution is 2.38. The molecule has 1 aliphatic heterocycles. The maximum atomic E-state index is 11.7. The molecule has 98 valence electrons. The van der Waals surface area contributed by atoms with Gasteiger partial charge in [-0.15, -0.1) is 0 Å². The smallest absolute Gasteiger partial charge is 0.135 e. The largest absolute Gasteiger partial charge is 0.300 e. The molecule has 0 radical (unpaired) electrons. The molecule has 0 aromatic heterocycles. The van der Waals surface area contributed by atoms with E-state index in [2.05, 4.69) is 18.7 Å². The van der Waals surface area contributed by atoms with Crippen molar-refractivity contribution in [3.63, 3.8) is 0 Å². The van der Waals surface area contributed by atoms with E-state index in [1.807, 2.05) is 6.92 Å². The fraction of sp³-hybridized carbons (Fsp3) is 0.933. The number of Topliss-reactive ketones (excluding diaryl/α,β-unsaturated/α-hetero) is 1. The van der Waals surface area contributed by atoms with Crippen molar-refractivity contribution in [2.45, 2.75) is 58.9 Å². The van der Waals surface area contributed by atoms with Gasteiger partial charge in [-0.25, -0.2) is 0 Å². The molecule has 0 atom stereocenters. The van der Waals surface area contributed by atoms with Gasteiger partial charge < -0.3 is 4.90 Å². The average molecular weight is 237 g/mol. The van der Waals surface area contributed by atoms with Crippen molar-refractivity contribution >= 4 is 5.78 Å². The van der Waals surface area contributed by atoms with E-state index in [0.29, 0.717) is 17.7 Å². The van der Waals surface area contributed by atoms with Crippen molar-refractivity contribution in [2.75, 3.05) is 13.1 Å². The Labute approximate surface area is 106 Å². The third kappa shape index (κ3) is 2.90. The molecule has 17 heavy (non-hydrogen) atoms. The highest BCUT2D eigenvalue weighted by atomic mass is 16.1. The predicted octanol–water partition coefficient (Wildman–Crippen LogP) is 3.11. The van der Waals surface area contributed by atoms with Crippen LogP contribution in [0.15, 0.2) is 0 Å². The van der Waals surface area contributed by atoms with Gasteiger partial charge in [0.05, 0.1) is 0 Å². The zero-order valence-corrected chi connectivity index (χ0v) is 11.6. The molecule has 2 rings (SSSR count). The first-order chi connectivity index (χ1) is 8.11. The summed E-state index contributed by atoms with van der Waals surface area (Å²) in [5.74, 6) is 2.74. The van der Waals surface area contributed by atoms with E-state index in [1.165, 1.54) is 25.9 Å². The van der Waals surface area contributed by atoms with Crippen LogP contribution < -0.4 is 0 Å². The quantitative estimate of drug-likeness (QED) is 0.749. The Morgan fingerprint density at radius 2 is 1.71 bits per heavy atom. The summed E-state index contributed by atoms with van der Waals surface area (Å²) in [5, 5.41) is 0. The zero-order chi connectivity index (χ0) is 12.4. The molecule has 0 aromatic rings. The topological polar surface area (TPSA) is 20.3 Å². The lowest BCUT2D eigenvalue weighted by molar-refractivity contribution is -0.124. The minimum Gasteiger partial charge on any atom is -0.300 e. The van der Waals surface area contributed by atoms with Crippen molar-refractivity contribution in [3.8, 4) is 0 Å². The molecule has 1 aliphatic carbocycles. The van der Waals surface area contributed by atoms with Gasteiger partial charge in [-0.3, -0.25) is 4.79 Å². The molecule has 2 heteroatoms. The Kier molecular flexibility index (Phi) is 4.24. The molecule has 2 nitrogen and oxygen atoms in total. The van der Waals surface area contributed by atoms with Crippen LogP contribution in [0.2, 0.25) is 0 Å². The summed E-state index contributed by atoms with van der Waals surface area (Å²) in [6, 6.07) is 0.712. The van der Waals surface area contributed by atoms with Crippen molar-refractivity contribution in [2.24, 2.45) is 17.8 Å². The molecule has 1 saturated carbocycles. The summed E-state index contributed by atoms with van der Waals surface area (Å²) in [5.41, 5.74) is 0. The molecule has 0 N–H and O–H groups in total. The van der Waals surface area contributed by atoms with Crippen LogP contribution in [0.3, 0.4) is 0 Å². The second kappa shape index (κ2) is 5.51. The first-order valence-electron chi connectivity index (χ1n) is 7.38. The van der Waals surface area contributed by atoms with Gasteiger partial charge in [0.15, 0.2) is 0 Å². The van der Waals surface area contributed by atoms with Crippen molar-refractivity contribution in [1.82, 2.24) is 4.90 Å². The second-order valence-corrected chi connectivity index (χ2v) is 6.24. The van der Waals surface area contributed by atoms with E-state index in [1.54, 1.807) is 0 Å². The Bertz CT molecular complexity index is 260. The monoisotopic (exact) mass is 237 g/mol. The summed E-state index contributed by atoms with van der Waals surface area (Å²) in [4.78, 5) is 14.2. The molecule has 2 aliphatic rings. The molecule has 0 amide bonds. The number of likely N-dealkylation sites (tertiary alicyclic amines) is 1. The standard InChI is InChI=1S/C15H27NO/c1-4-15(17)13-7-5-12(6-8-13)14-9-16(10-14)11(2)3/h11-14H,4-10H2,1-3H3. The SMILES string of the molecule is CCC(=O)C1CCC(C2CN(C(C)C)C2)CC1. The van der Waals surface area contributed by atoms with E-state index in [-0.39, 0.29) is 0 Å². The van der Waals surface area contributed by atoms with Crippen LogP contribution in [-0.4, -0.2) is 29.8 Å². The summed E-state index contributed by atoms with van der Waals surface area (Å²) in [6.07, 6.45) is 5.66. The number of rotatable bonds is 4. The van der Waals surface area contributed by atoms with E-state index < -0.39 is 0 Å². The Balaban J connectivity index is 1.72. The van der Waals surface area contributed by atoms with E-state index in [4.69, 9.17) is 0 Å². The summed E-state index contributed by atoms with van der Waals surface area (Å²) in [7, 11) is 0. The van der Waals surface area contributed by atoms with E-state index in [9.17, 15) is 4.79 Å². The molecule has 0 unspecified atom stereocenters. The average Bonchev–Trinajstić information content (AvgIpc) is 2.26. The molecule has 0 bridgehead atoms. The van der Waals surface area contributed by atoms with Crippen LogP contribution in [0.4, 0.5) is 0 Å². The third-order valence-corrected chi connectivity index (χ3v) is 4.91. The first-order valence-corrected chi connectivity index (χ1v) is 7.38. The van der Waals surface area contributed by atoms with Crippen LogP contribution in [-0.2, 0) is 4.79 Å². The fourth-order valence-electron chi connectivity index (χ4n) is 3.47. The highest BCUT2D eigenvalue weighted by molar-refractivity contribution is 5.80. The van der Waals surface area contributed by atoms with Gasteiger partial charge in [-0.1, -0.05) is 6.92 Å². The van der Waals surface area contributed by atoms with Gasteiger partial charge in [-0.2, -0.15) is 0 Å². The summed E-state index contributed by atoms with van der Waals surface area (Å²) < 4.78 is 0. The minimum absolute atomic E-state index is 0.400. The molecular weight excluding hydrogens is 210 g/mol. The molecule has 2 fully saturated rings. The Hall–Kier alpha value is -0.370.